The highest BCUT2D eigenvalue weighted by Gasteiger charge is 2.42. The molecule has 5 rings (SSSR count). The summed E-state index contributed by atoms with van der Waals surface area (Å²) in [5.74, 6) is 0.288. The van der Waals surface area contributed by atoms with Gasteiger partial charge in [0.15, 0.2) is 5.11 Å². The van der Waals surface area contributed by atoms with E-state index in [9.17, 15) is 14.9 Å². The summed E-state index contributed by atoms with van der Waals surface area (Å²) in [5.41, 5.74) is 4.56. The molecule has 3 heterocycles. The summed E-state index contributed by atoms with van der Waals surface area (Å²) in [4.78, 5) is 30.7. The Balaban J connectivity index is 1.59. The number of rotatable bonds is 8. The fourth-order valence-corrected chi connectivity index (χ4v) is 5.52. The van der Waals surface area contributed by atoms with Crippen LogP contribution in [0.3, 0.4) is 0 Å². The molecule has 10 nitrogen and oxygen atoms in total. The van der Waals surface area contributed by atoms with Gasteiger partial charge < -0.3 is 24.8 Å². The fourth-order valence-electron chi connectivity index (χ4n) is 5.22. The maximum atomic E-state index is 13.2. The zero-order valence-corrected chi connectivity index (χ0v) is 23.0. The predicted octanol–water partition coefficient (Wildman–Crippen LogP) is 5.02. The van der Waals surface area contributed by atoms with Gasteiger partial charge in [-0.1, -0.05) is 24.3 Å². The van der Waals surface area contributed by atoms with Crippen LogP contribution in [0, 0.1) is 24.0 Å². The number of aryl methyl sites for hydroxylation is 1. The number of hydrogen-bond acceptors (Lipinski definition) is 6. The topological polar surface area (TPSA) is 115 Å². The average Bonchev–Trinajstić information content (AvgIpc) is 3.43. The first-order valence-corrected chi connectivity index (χ1v) is 13.0. The highest BCUT2D eigenvalue weighted by atomic mass is 32.1. The maximum Gasteiger partial charge on any atom is 0.271 e. The first-order valence-electron chi connectivity index (χ1n) is 12.6. The van der Waals surface area contributed by atoms with Crippen molar-refractivity contribution < 1.29 is 14.5 Å². The number of methoxy groups -OCH3 is 1. The van der Waals surface area contributed by atoms with E-state index in [1.807, 2.05) is 77.9 Å². The Kier molecular flexibility index (Phi) is 7.47. The molecule has 2 atom stereocenters. The normalized spacial score (nSPS) is 16.5. The van der Waals surface area contributed by atoms with Crippen LogP contribution in [0.5, 0.6) is 5.75 Å². The van der Waals surface area contributed by atoms with Crippen molar-refractivity contribution in [3.8, 4) is 11.4 Å². The van der Waals surface area contributed by atoms with Gasteiger partial charge >= 0.3 is 0 Å². The summed E-state index contributed by atoms with van der Waals surface area (Å²) in [6, 6.07) is 20.7. The van der Waals surface area contributed by atoms with Gasteiger partial charge in [0.25, 0.3) is 5.69 Å². The largest absolute Gasteiger partial charge is 0.495 e. The average molecular weight is 557 g/mol. The van der Waals surface area contributed by atoms with E-state index in [0.717, 1.165) is 22.6 Å². The van der Waals surface area contributed by atoms with E-state index in [4.69, 9.17) is 17.0 Å². The molecule has 4 aromatic rings. The first kappa shape index (κ1) is 26.8. The quantitative estimate of drug-likeness (QED) is 0.177. The van der Waals surface area contributed by atoms with Crippen LogP contribution in [0.15, 0.2) is 79.0 Å². The third-order valence-electron chi connectivity index (χ3n) is 6.97. The maximum absolute atomic E-state index is 13.2. The molecule has 2 unspecified atom stereocenters. The van der Waals surface area contributed by atoms with Crippen LogP contribution in [-0.4, -0.2) is 44.0 Å². The van der Waals surface area contributed by atoms with Crippen molar-refractivity contribution in [3.63, 3.8) is 0 Å². The SMILES string of the molecule is COc1ccc([N+](=O)[O-])cc1-n1c(C)cc(C2C(c3ccccn3)NC(=S)N2CC(=O)Nc2ccccc2)c1C. The summed E-state index contributed by atoms with van der Waals surface area (Å²) in [5, 5.41) is 18.3. The first-order chi connectivity index (χ1) is 19.3. The molecule has 1 saturated heterocycles. The zero-order chi connectivity index (χ0) is 28.4. The highest BCUT2D eigenvalue weighted by Crippen LogP contribution is 2.42. The van der Waals surface area contributed by atoms with Crippen LogP contribution in [-0.2, 0) is 4.79 Å². The van der Waals surface area contributed by atoms with Crippen molar-refractivity contribution in [1.82, 2.24) is 19.8 Å². The molecule has 1 aliphatic heterocycles. The lowest BCUT2D eigenvalue weighted by atomic mass is 9.96. The summed E-state index contributed by atoms with van der Waals surface area (Å²) >= 11 is 5.74. The molecular weight excluding hydrogens is 528 g/mol. The van der Waals surface area contributed by atoms with Crippen molar-refractivity contribution in [2.24, 2.45) is 0 Å². The Morgan fingerprint density at radius 3 is 2.55 bits per heavy atom. The second-order valence-electron chi connectivity index (χ2n) is 9.44. The number of benzene rings is 2. The molecule has 11 heteroatoms. The van der Waals surface area contributed by atoms with Gasteiger partial charge in [0.1, 0.15) is 12.3 Å². The lowest BCUT2D eigenvalue weighted by Crippen LogP contribution is -2.37. The molecular formula is C29H28N6O4S. The summed E-state index contributed by atoms with van der Waals surface area (Å²) in [6.07, 6.45) is 1.72. The number of carbonyl (C=O) groups excluding carboxylic acids is 1. The minimum Gasteiger partial charge on any atom is -0.495 e. The summed E-state index contributed by atoms with van der Waals surface area (Å²) in [7, 11) is 1.53. The van der Waals surface area contributed by atoms with E-state index in [2.05, 4.69) is 15.6 Å². The second-order valence-corrected chi connectivity index (χ2v) is 9.83. The number of non-ortho nitro benzene ring substituents is 1. The van der Waals surface area contributed by atoms with E-state index < -0.39 is 4.92 Å². The number of amides is 1. The van der Waals surface area contributed by atoms with E-state index in [0.29, 0.717) is 22.2 Å². The number of para-hydroxylation sites is 1. The van der Waals surface area contributed by atoms with Gasteiger partial charge in [0.2, 0.25) is 5.91 Å². The van der Waals surface area contributed by atoms with Gasteiger partial charge in [-0.3, -0.25) is 19.9 Å². The van der Waals surface area contributed by atoms with Gasteiger partial charge in [0.05, 0.1) is 35.5 Å². The van der Waals surface area contributed by atoms with Crippen molar-refractivity contribution in [1.29, 1.82) is 0 Å². The fraction of sp³-hybridized carbons (Fsp3) is 0.207. The van der Waals surface area contributed by atoms with E-state index in [1.54, 1.807) is 12.3 Å². The van der Waals surface area contributed by atoms with E-state index in [-0.39, 0.29) is 30.2 Å². The molecule has 1 amide bonds. The highest BCUT2D eigenvalue weighted by molar-refractivity contribution is 7.80. The number of nitro benzene ring substituents is 1. The molecule has 204 valence electrons. The Bertz CT molecular complexity index is 1570. The molecule has 0 radical (unpaired) electrons. The minimum atomic E-state index is -0.429. The standard InChI is InChI=1S/C29H28N6O4S/c1-18-15-22(19(2)34(18)24-16-21(35(37)38)12-13-25(24)39-3)28-27(23-11-7-8-14-30-23)32-29(40)33(28)17-26(36)31-20-9-5-4-6-10-20/h4-16,27-28H,17H2,1-3H3,(H,31,36)(H,32,40). The third-order valence-corrected chi connectivity index (χ3v) is 7.32. The van der Waals surface area contributed by atoms with Crippen LogP contribution in [0.1, 0.15) is 34.7 Å². The van der Waals surface area contributed by atoms with Crippen LogP contribution >= 0.6 is 12.2 Å². The monoisotopic (exact) mass is 556 g/mol. The molecule has 40 heavy (non-hydrogen) atoms. The molecule has 1 aliphatic rings. The van der Waals surface area contributed by atoms with Crippen molar-refractivity contribution >= 4 is 34.6 Å². The van der Waals surface area contributed by atoms with Crippen LogP contribution in [0.2, 0.25) is 0 Å². The Labute approximate surface area is 236 Å². The van der Waals surface area contributed by atoms with Crippen molar-refractivity contribution in [2.75, 3.05) is 19.0 Å². The van der Waals surface area contributed by atoms with Gasteiger partial charge in [0, 0.05) is 35.4 Å². The molecule has 2 N–H and O–H groups in total. The molecule has 0 bridgehead atoms. The summed E-state index contributed by atoms with van der Waals surface area (Å²) in [6.45, 7) is 3.88. The van der Waals surface area contributed by atoms with Crippen LogP contribution < -0.4 is 15.4 Å². The smallest absolute Gasteiger partial charge is 0.271 e. The lowest BCUT2D eigenvalue weighted by molar-refractivity contribution is -0.384. The number of nitrogens with zero attached hydrogens (tertiary/aromatic N) is 4. The van der Waals surface area contributed by atoms with E-state index in [1.165, 1.54) is 19.2 Å². The number of nitro groups is 1. The number of carbonyl (C=O) groups is 1. The lowest BCUT2D eigenvalue weighted by Gasteiger charge is -2.27. The molecule has 0 saturated carbocycles. The second kappa shape index (κ2) is 11.1. The predicted molar refractivity (Wildman–Crippen MR) is 156 cm³/mol. The molecule has 1 fully saturated rings. The van der Waals surface area contributed by atoms with Gasteiger partial charge in [-0.2, -0.15) is 0 Å². The molecule has 0 aliphatic carbocycles. The summed E-state index contributed by atoms with van der Waals surface area (Å²) < 4.78 is 7.50. The molecule has 0 spiro atoms. The van der Waals surface area contributed by atoms with Gasteiger partial charge in [-0.05, 0) is 68.0 Å². The minimum absolute atomic E-state index is 0.0124. The number of anilines is 1. The zero-order valence-electron chi connectivity index (χ0n) is 22.2. The number of hydrogen-bond donors (Lipinski definition) is 2. The Morgan fingerprint density at radius 2 is 1.88 bits per heavy atom. The molecule has 2 aromatic carbocycles. The Morgan fingerprint density at radius 1 is 1.12 bits per heavy atom. The number of aromatic nitrogens is 2. The van der Waals surface area contributed by atoms with Crippen molar-refractivity contribution in [3.05, 3.63) is 112 Å². The number of pyridine rings is 1. The third kappa shape index (κ3) is 5.10. The van der Waals surface area contributed by atoms with Gasteiger partial charge in [-0.25, -0.2) is 0 Å². The van der Waals surface area contributed by atoms with Gasteiger partial charge in [-0.15, -0.1) is 0 Å². The van der Waals surface area contributed by atoms with Crippen molar-refractivity contribution in [2.45, 2.75) is 25.9 Å². The number of thiocarbonyl (C=S) groups is 1. The van der Waals surface area contributed by atoms with Crippen LogP contribution in [0.25, 0.3) is 5.69 Å². The van der Waals surface area contributed by atoms with E-state index >= 15 is 0 Å². The number of ether oxygens (including phenoxy) is 1. The van der Waals surface area contributed by atoms with Crippen LogP contribution in [0.4, 0.5) is 11.4 Å². The molecule has 2 aromatic heterocycles. The Hall–Kier alpha value is -4.77. The number of nitrogens with one attached hydrogen (secondary N) is 2.